The highest BCUT2D eigenvalue weighted by Gasteiger charge is 2.05. The van der Waals surface area contributed by atoms with Crippen LogP contribution in [0.1, 0.15) is 30.5 Å². The van der Waals surface area contributed by atoms with Gasteiger partial charge in [-0.05, 0) is 12.1 Å². The van der Waals surface area contributed by atoms with Crippen molar-refractivity contribution in [1.82, 2.24) is 9.97 Å². The van der Waals surface area contributed by atoms with Crippen molar-refractivity contribution in [2.75, 3.05) is 0 Å². The van der Waals surface area contributed by atoms with Crippen molar-refractivity contribution in [3.8, 4) is 5.75 Å². The Morgan fingerprint density at radius 3 is 2.94 bits per heavy atom. The summed E-state index contributed by atoms with van der Waals surface area (Å²) in [5.41, 5.74) is 0.984. The molecule has 84 valence electrons. The average molecular weight is 234 g/mol. The Hall–Kier alpha value is -1.42. The molecule has 16 heavy (non-hydrogen) atoms. The van der Waals surface area contributed by atoms with Gasteiger partial charge in [0.15, 0.2) is 0 Å². The van der Waals surface area contributed by atoms with Gasteiger partial charge in [0.2, 0.25) is 0 Å². The molecule has 0 aliphatic carbocycles. The van der Waals surface area contributed by atoms with Crippen molar-refractivity contribution in [2.45, 2.75) is 26.4 Å². The predicted octanol–water partition coefficient (Wildman–Crippen LogP) is 3.24. The van der Waals surface area contributed by atoms with Crippen LogP contribution in [0.3, 0.4) is 0 Å². The molecule has 2 heterocycles. The van der Waals surface area contributed by atoms with Crippen LogP contribution < -0.4 is 4.74 Å². The van der Waals surface area contributed by atoms with Crippen LogP contribution >= 0.6 is 11.3 Å². The maximum atomic E-state index is 5.57. The third-order valence-electron chi connectivity index (χ3n) is 2.08. The van der Waals surface area contributed by atoms with E-state index in [1.165, 1.54) is 0 Å². The number of nitrogens with zero attached hydrogens (tertiary/aromatic N) is 2. The minimum atomic E-state index is 0.483. The van der Waals surface area contributed by atoms with Crippen LogP contribution in [-0.4, -0.2) is 9.97 Å². The van der Waals surface area contributed by atoms with Crippen molar-refractivity contribution < 1.29 is 4.74 Å². The molecule has 0 N–H and O–H groups in total. The van der Waals surface area contributed by atoms with Crippen molar-refractivity contribution in [1.29, 1.82) is 0 Å². The normalized spacial score (nSPS) is 10.7. The van der Waals surface area contributed by atoms with Crippen LogP contribution in [0.5, 0.6) is 5.75 Å². The molecule has 4 heteroatoms. The Labute approximate surface area is 99.1 Å². The molecule has 0 spiro atoms. The summed E-state index contributed by atoms with van der Waals surface area (Å²) in [6.07, 6.45) is 3.43. The van der Waals surface area contributed by atoms with Gasteiger partial charge in [-0.15, -0.1) is 11.3 Å². The van der Waals surface area contributed by atoms with E-state index in [9.17, 15) is 0 Å². The molecule has 0 aromatic carbocycles. The second-order valence-corrected chi connectivity index (χ2v) is 4.70. The molecule has 0 saturated heterocycles. The SMILES string of the molecule is CC(C)c1nc(COc2cccnc2)cs1. The van der Waals surface area contributed by atoms with Gasteiger partial charge in [0.1, 0.15) is 12.4 Å². The lowest BCUT2D eigenvalue weighted by molar-refractivity contribution is 0.300. The van der Waals surface area contributed by atoms with Crippen molar-refractivity contribution >= 4 is 11.3 Å². The van der Waals surface area contributed by atoms with Gasteiger partial charge in [0.05, 0.1) is 16.9 Å². The Bertz CT molecular complexity index is 439. The van der Waals surface area contributed by atoms with Gasteiger partial charge >= 0.3 is 0 Å². The number of thiazole rings is 1. The van der Waals surface area contributed by atoms with Crippen LogP contribution in [-0.2, 0) is 6.61 Å². The molecule has 0 bridgehead atoms. The van der Waals surface area contributed by atoms with Gasteiger partial charge in [-0.1, -0.05) is 13.8 Å². The third kappa shape index (κ3) is 2.79. The highest BCUT2D eigenvalue weighted by molar-refractivity contribution is 7.09. The predicted molar refractivity (Wildman–Crippen MR) is 64.8 cm³/mol. The summed E-state index contributed by atoms with van der Waals surface area (Å²) < 4.78 is 5.57. The van der Waals surface area contributed by atoms with E-state index in [0.717, 1.165) is 16.5 Å². The van der Waals surface area contributed by atoms with Gasteiger partial charge in [0, 0.05) is 17.5 Å². The zero-order valence-electron chi connectivity index (χ0n) is 9.38. The minimum Gasteiger partial charge on any atom is -0.486 e. The Morgan fingerprint density at radius 1 is 1.44 bits per heavy atom. The molecule has 2 aromatic heterocycles. The van der Waals surface area contributed by atoms with E-state index in [1.54, 1.807) is 23.7 Å². The van der Waals surface area contributed by atoms with Crippen molar-refractivity contribution in [2.24, 2.45) is 0 Å². The number of pyridine rings is 1. The molecule has 0 amide bonds. The first-order valence-electron chi connectivity index (χ1n) is 5.23. The van der Waals surface area contributed by atoms with Crippen molar-refractivity contribution in [3.05, 3.63) is 40.6 Å². The first-order chi connectivity index (χ1) is 7.75. The lowest BCUT2D eigenvalue weighted by Crippen LogP contribution is -1.96. The fourth-order valence-electron chi connectivity index (χ4n) is 1.24. The maximum Gasteiger partial charge on any atom is 0.138 e. The topological polar surface area (TPSA) is 35.0 Å². The summed E-state index contributed by atoms with van der Waals surface area (Å²) in [5, 5.41) is 3.20. The van der Waals surface area contributed by atoms with Gasteiger partial charge in [-0.3, -0.25) is 4.98 Å². The van der Waals surface area contributed by atoms with Crippen LogP contribution in [0.2, 0.25) is 0 Å². The van der Waals surface area contributed by atoms with E-state index in [-0.39, 0.29) is 0 Å². The molecular weight excluding hydrogens is 220 g/mol. The lowest BCUT2D eigenvalue weighted by atomic mass is 10.2. The highest BCUT2D eigenvalue weighted by Crippen LogP contribution is 2.20. The van der Waals surface area contributed by atoms with Gasteiger partial charge < -0.3 is 4.74 Å². The summed E-state index contributed by atoms with van der Waals surface area (Å²) in [4.78, 5) is 8.49. The lowest BCUT2D eigenvalue weighted by Gasteiger charge is -2.02. The van der Waals surface area contributed by atoms with Crippen LogP contribution in [0.15, 0.2) is 29.9 Å². The van der Waals surface area contributed by atoms with E-state index in [2.05, 4.69) is 23.8 Å². The summed E-state index contributed by atoms with van der Waals surface area (Å²) >= 11 is 1.69. The molecule has 0 radical (unpaired) electrons. The Morgan fingerprint density at radius 2 is 2.31 bits per heavy atom. The maximum absolute atomic E-state index is 5.57. The largest absolute Gasteiger partial charge is 0.486 e. The Balaban J connectivity index is 1.95. The summed E-state index contributed by atoms with van der Waals surface area (Å²) in [6.45, 7) is 4.80. The molecular formula is C12H14N2OS. The molecule has 3 nitrogen and oxygen atoms in total. The smallest absolute Gasteiger partial charge is 0.138 e. The third-order valence-corrected chi connectivity index (χ3v) is 3.28. The number of hydrogen-bond acceptors (Lipinski definition) is 4. The molecule has 2 aromatic rings. The average Bonchev–Trinajstić information content (AvgIpc) is 2.76. The second kappa shape index (κ2) is 5.07. The van der Waals surface area contributed by atoms with Crippen molar-refractivity contribution in [3.63, 3.8) is 0 Å². The molecule has 0 saturated carbocycles. The van der Waals surface area contributed by atoms with Crippen LogP contribution in [0, 0.1) is 0 Å². The van der Waals surface area contributed by atoms with E-state index in [0.29, 0.717) is 12.5 Å². The first kappa shape index (κ1) is 11.1. The van der Waals surface area contributed by atoms with Gasteiger partial charge in [-0.25, -0.2) is 4.98 Å². The van der Waals surface area contributed by atoms with E-state index >= 15 is 0 Å². The fourth-order valence-corrected chi connectivity index (χ4v) is 2.06. The highest BCUT2D eigenvalue weighted by atomic mass is 32.1. The number of aromatic nitrogens is 2. The Kier molecular flexibility index (Phi) is 3.51. The second-order valence-electron chi connectivity index (χ2n) is 3.81. The molecule has 0 atom stereocenters. The summed E-state index contributed by atoms with van der Waals surface area (Å²) in [5.74, 6) is 1.26. The van der Waals surface area contributed by atoms with E-state index < -0.39 is 0 Å². The van der Waals surface area contributed by atoms with Gasteiger partial charge in [-0.2, -0.15) is 0 Å². The van der Waals surface area contributed by atoms with Gasteiger partial charge in [0.25, 0.3) is 0 Å². The minimum absolute atomic E-state index is 0.483. The zero-order chi connectivity index (χ0) is 11.4. The molecule has 0 fully saturated rings. The standard InChI is InChI=1S/C12H14N2OS/c1-9(2)12-14-10(8-16-12)7-15-11-4-3-5-13-6-11/h3-6,8-9H,7H2,1-2H3. The monoisotopic (exact) mass is 234 g/mol. The molecule has 2 rings (SSSR count). The van der Waals surface area contributed by atoms with Crippen LogP contribution in [0.4, 0.5) is 0 Å². The number of ether oxygens (including phenoxy) is 1. The van der Waals surface area contributed by atoms with Crippen LogP contribution in [0.25, 0.3) is 0 Å². The molecule has 0 aliphatic heterocycles. The number of hydrogen-bond donors (Lipinski definition) is 0. The van der Waals surface area contributed by atoms with E-state index in [1.807, 2.05) is 17.5 Å². The quantitative estimate of drug-likeness (QED) is 0.814. The van der Waals surface area contributed by atoms with E-state index in [4.69, 9.17) is 4.74 Å². The molecule has 0 unspecified atom stereocenters. The summed E-state index contributed by atoms with van der Waals surface area (Å²) in [6, 6.07) is 3.75. The molecule has 0 aliphatic rings. The zero-order valence-corrected chi connectivity index (χ0v) is 10.2. The summed E-state index contributed by atoms with van der Waals surface area (Å²) in [7, 11) is 0. The fraction of sp³-hybridized carbons (Fsp3) is 0.333. The number of rotatable bonds is 4. The first-order valence-corrected chi connectivity index (χ1v) is 6.11.